The number of ether oxygens (including phenoxy) is 1. The molecule has 3 rings (SSSR count). The largest absolute Gasteiger partial charge is 0.496 e. The van der Waals surface area contributed by atoms with Crippen molar-refractivity contribution in [1.29, 1.82) is 0 Å². The Kier molecular flexibility index (Phi) is 4.22. The van der Waals surface area contributed by atoms with Crippen LogP contribution < -0.4 is 4.74 Å². The zero-order valence-electron chi connectivity index (χ0n) is 15.0. The first-order valence-corrected chi connectivity index (χ1v) is 8.76. The van der Waals surface area contributed by atoms with E-state index < -0.39 is 0 Å². The second-order valence-electron chi connectivity index (χ2n) is 8.08. The maximum atomic E-state index is 10.6. The summed E-state index contributed by atoms with van der Waals surface area (Å²) in [4.78, 5) is 0. The van der Waals surface area contributed by atoms with E-state index in [9.17, 15) is 5.11 Å². The lowest BCUT2D eigenvalue weighted by Gasteiger charge is -2.37. The van der Waals surface area contributed by atoms with Crippen molar-refractivity contribution in [3.05, 3.63) is 40.8 Å². The van der Waals surface area contributed by atoms with Gasteiger partial charge in [0.05, 0.1) is 7.11 Å². The minimum atomic E-state index is -0.278. The maximum Gasteiger partial charge on any atom is 0.197 e. The van der Waals surface area contributed by atoms with Gasteiger partial charge in [-0.15, -0.1) is 0 Å². The molecule has 1 fully saturated rings. The van der Waals surface area contributed by atoms with Crippen LogP contribution in [0.25, 0.3) is 6.08 Å². The Morgan fingerprint density at radius 3 is 2.70 bits per heavy atom. The topological polar surface area (TPSA) is 29.5 Å². The summed E-state index contributed by atoms with van der Waals surface area (Å²) in [6.45, 7) is 9.05. The molecular formula is C21H29O2+. The molecule has 0 unspecified atom stereocenters. The summed E-state index contributed by atoms with van der Waals surface area (Å²) < 4.78 is 5.62. The van der Waals surface area contributed by atoms with Gasteiger partial charge in [0.15, 0.2) is 6.10 Å². The summed E-state index contributed by atoms with van der Waals surface area (Å²) in [6.07, 6.45) is 7.11. The number of fused-ring (bicyclic) bond motifs is 2. The summed E-state index contributed by atoms with van der Waals surface area (Å²) in [6, 6.07) is 4.45. The number of allylic oxidation sites excluding steroid dienone is 1. The highest BCUT2D eigenvalue weighted by Gasteiger charge is 2.51. The summed E-state index contributed by atoms with van der Waals surface area (Å²) in [5.41, 5.74) is 4.03. The molecule has 0 radical (unpaired) electrons. The van der Waals surface area contributed by atoms with Gasteiger partial charge in [-0.3, -0.25) is 0 Å². The van der Waals surface area contributed by atoms with E-state index in [0.29, 0.717) is 11.8 Å². The molecule has 0 bridgehead atoms. The molecular weight excluding hydrogens is 284 g/mol. The van der Waals surface area contributed by atoms with Crippen LogP contribution in [-0.2, 0) is 6.42 Å². The van der Waals surface area contributed by atoms with E-state index in [1.54, 1.807) is 7.11 Å². The van der Waals surface area contributed by atoms with E-state index in [1.807, 2.05) is 0 Å². The van der Waals surface area contributed by atoms with E-state index in [0.717, 1.165) is 25.0 Å². The lowest BCUT2D eigenvalue weighted by molar-refractivity contribution is 0.0703. The average Bonchev–Trinajstić information content (AvgIpc) is 2.70. The van der Waals surface area contributed by atoms with Crippen molar-refractivity contribution in [1.82, 2.24) is 0 Å². The molecule has 2 aliphatic rings. The van der Waals surface area contributed by atoms with Gasteiger partial charge < -0.3 is 9.84 Å². The Labute approximate surface area is 140 Å². The van der Waals surface area contributed by atoms with Crippen molar-refractivity contribution in [2.75, 3.05) is 7.11 Å². The molecule has 124 valence electrons. The average molecular weight is 313 g/mol. The standard InChI is InChI=1S/C21H29O2/c1-13(2)16-10-14-6-7-18-17(11-15(14)12-20(16)23-5)19(22)8-9-21(18,3)4/h6-7,10,12-13,18-19,22H,8-9,11H2,1-5H3/q+1/t18-,19-/m0/s1. The minimum Gasteiger partial charge on any atom is -0.496 e. The molecule has 23 heavy (non-hydrogen) atoms. The first-order chi connectivity index (χ1) is 10.8. The summed E-state index contributed by atoms with van der Waals surface area (Å²) in [5.74, 6) is 3.03. The van der Waals surface area contributed by atoms with E-state index in [4.69, 9.17) is 4.74 Å². The second-order valence-corrected chi connectivity index (χ2v) is 8.08. The number of methoxy groups -OCH3 is 1. The molecule has 0 aliphatic heterocycles. The first-order valence-electron chi connectivity index (χ1n) is 8.76. The van der Waals surface area contributed by atoms with Crippen LogP contribution in [0.3, 0.4) is 0 Å². The molecule has 2 nitrogen and oxygen atoms in total. The zero-order chi connectivity index (χ0) is 16.8. The van der Waals surface area contributed by atoms with Gasteiger partial charge in [-0.2, -0.15) is 0 Å². The van der Waals surface area contributed by atoms with E-state index in [2.05, 4.69) is 52.0 Å². The van der Waals surface area contributed by atoms with Crippen LogP contribution in [0, 0.1) is 17.3 Å². The Bertz CT molecular complexity index is 613. The summed E-state index contributed by atoms with van der Waals surface area (Å²) in [7, 11) is 1.74. The van der Waals surface area contributed by atoms with Crippen molar-refractivity contribution < 1.29 is 9.84 Å². The van der Waals surface area contributed by atoms with E-state index in [-0.39, 0.29) is 11.5 Å². The Balaban J connectivity index is 2.06. The second kappa shape index (κ2) is 5.90. The van der Waals surface area contributed by atoms with Crippen LogP contribution >= 0.6 is 0 Å². The van der Waals surface area contributed by atoms with Gasteiger partial charge in [0, 0.05) is 17.4 Å². The highest BCUT2D eigenvalue weighted by atomic mass is 16.5. The number of rotatable bonds is 2. The van der Waals surface area contributed by atoms with Gasteiger partial charge in [-0.25, -0.2) is 0 Å². The van der Waals surface area contributed by atoms with Crippen LogP contribution in [-0.4, -0.2) is 18.3 Å². The Morgan fingerprint density at radius 1 is 1.30 bits per heavy atom. The van der Waals surface area contributed by atoms with Crippen molar-refractivity contribution in [3.63, 3.8) is 0 Å². The highest BCUT2D eigenvalue weighted by Crippen LogP contribution is 2.49. The first kappa shape index (κ1) is 16.4. The lowest BCUT2D eigenvalue weighted by atomic mass is 9.61. The minimum absolute atomic E-state index is 0.220. The SMILES string of the molecule is COc1cc2c(cc1C(C)C)C=C[C@H]1[C+](C2)[C@@H](O)CCC1(C)C. The number of aliphatic hydroxyl groups is 1. The Morgan fingerprint density at radius 2 is 2.04 bits per heavy atom. The third-order valence-electron chi connectivity index (χ3n) is 5.71. The molecule has 1 aromatic carbocycles. The molecule has 1 saturated carbocycles. The quantitative estimate of drug-likeness (QED) is 0.798. The van der Waals surface area contributed by atoms with Crippen LogP contribution in [0.4, 0.5) is 0 Å². The summed E-state index contributed by atoms with van der Waals surface area (Å²) >= 11 is 0. The van der Waals surface area contributed by atoms with Crippen LogP contribution in [0.5, 0.6) is 5.75 Å². The summed E-state index contributed by atoms with van der Waals surface area (Å²) in [5, 5.41) is 10.6. The van der Waals surface area contributed by atoms with Gasteiger partial charge in [0.1, 0.15) is 24.0 Å². The van der Waals surface area contributed by atoms with Crippen molar-refractivity contribution in [2.45, 2.75) is 59.0 Å². The molecule has 0 spiro atoms. The fraction of sp³-hybridized carbons (Fsp3) is 0.571. The molecule has 0 heterocycles. The fourth-order valence-corrected chi connectivity index (χ4v) is 4.18. The third-order valence-corrected chi connectivity index (χ3v) is 5.71. The van der Waals surface area contributed by atoms with E-state index in [1.165, 1.54) is 22.6 Å². The van der Waals surface area contributed by atoms with Crippen LogP contribution in [0.15, 0.2) is 18.2 Å². The highest BCUT2D eigenvalue weighted by molar-refractivity contribution is 5.61. The van der Waals surface area contributed by atoms with Gasteiger partial charge >= 0.3 is 0 Å². The van der Waals surface area contributed by atoms with Gasteiger partial charge in [0.25, 0.3) is 0 Å². The van der Waals surface area contributed by atoms with Gasteiger partial charge in [-0.1, -0.05) is 33.8 Å². The fourth-order valence-electron chi connectivity index (χ4n) is 4.18. The van der Waals surface area contributed by atoms with Crippen LogP contribution in [0.2, 0.25) is 0 Å². The van der Waals surface area contributed by atoms with Crippen molar-refractivity contribution in [3.8, 4) is 5.75 Å². The molecule has 0 saturated heterocycles. The van der Waals surface area contributed by atoms with Crippen molar-refractivity contribution in [2.24, 2.45) is 11.3 Å². The van der Waals surface area contributed by atoms with Gasteiger partial charge in [0.2, 0.25) is 0 Å². The molecule has 1 aromatic rings. The van der Waals surface area contributed by atoms with Crippen molar-refractivity contribution >= 4 is 6.08 Å². The van der Waals surface area contributed by atoms with E-state index >= 15 is 0 Å². The predicted molar refractivity (Wildman–Crippen MR) is 95.6 cm³/mol. The lowest BCUT2D eigenvalue weighted by Crippen LogP contribution is -2.41. The number of hydrogen-bond acceptors (Lipinski definition) is 2. The third kappa shape index (κ3) is 2.89. The molecule has 0 amide bonds. The normalized spacial score (nSPS) is 25.8. The molecule has 2 atom stereocenters. The molecule has 1 N–H and O–H groups in total. The smallest absolute Gasteiger partial charge is 0.197 e. The molecule has 2 heteroatoms. The number of aliphatic hydroxyl groups excluding tert-OH is 1. The monoisotopic (exact) mass is 313 g/mol. The Hall–Kier alpha value is -1.41. The maximum absolute atomic E-state index is 10.6. The zero-order valence-corrected chi connectivity index (χ0v) is 15.0. The number of hydrogen-bond donors (Lipinski definition) is 1. The van der Waals surface area contributed by atoms with Gasteiger partial charge in [-0.05, 0) is 41.7 Å². The predicted octanol–water partition coefficient (Wildman–Crippen LogP) is 4.76. The number of benzene rings is 1. The molecule has 2 aliphatic carbocycles. The molecule has 0 aromatic heterocycles. The van der Waals surface area contributed by atoms with Crippen LogP contribution in [0.1, 0.15) is 63.1 Å².